The summed E-state index contributed by atoms with van der Waals surface area (Å²) in [7, 11) is 0. The van der Waals surface area contributed by atoms with Crippen molar-refractivity contribution in [3.63, 3.8) is 0 Å². The van der Waals surface area contributed by atoms with E-state index in [-0.39, 0.29) is 23.1 Å². The van der Waals surface area contributed by atoms with Crippen LogP contribution in [0.1, 0.15) is 33.0 Å². The van der Waals surface area contributed by atoms with Crippen molar-refractivity contribution in [1.29, 1.82) is 0 Å². The molecule has 0 radical (unpaired) electrons. The fourth-order valence-electron chi connectivity index (χ4n) is 3.71. The number of hydrogen-bond acceptors (Lipinski definition) is 4. The van der Waals surface area contributed by atoms with Crippen LogP contribution in [-0.2, 0) is 12.7 Å². The van der Waals surface area contributed by atoms with Gasteiger partial charge in [0.2, 0.25) is 0 Å². The van der Waals surface area contributed by atoms with Gasteiger partial charge in [0.05, 0.1) is 34.7 Å². The van der Waals surface area contributed by atoms with Crippen molar-refractivity contribution in [3.8, 4) is 5.75 Å². The van der Waals surface area contributed by atoms with Gasteiger partial charge in [0.1, 0.15) is 17.3 Å². The van der Waals surface area contributed by atoms with Crippen LogP contribution in [-0.4, -0.2) is 27.0 Å². The zero-order valence-electron chi connectivity index (χ0n) is 19.1. The Bertz CT molecular complexity index is 1480. The number of nitrogens with zero attached hydrogens (tertiary/aromatic N) is 3. The van der Waals surface area contributed by atoms with E-state index in [1.165, 1.54) is 16.8 Å². The van der Waals surface area contributed by atoms with Gasteiger partial charge in [-0.15, -0.1) is 13.2 Å². The molecule has 1 N–H and O–H groups in total. The summed E-state index contributed by atoms with van der Waals surface area (Å²) in [6.07, 6.45) is -9.97. The predicted molar refractivity (Wildman–Crippen MR) is 119 cm³/mol. The van der Waals surface area contributed by atoms with Crippen molar-refractivity contribution < 1.29 is 40.3 Å². The van der Waals surface area contributed by atoms with E-state index in [2.05, 4.69) is 20.1 Å². The smallest absolute Gasteiger partial charge is 0.406 e. The second-order valence-corrected chi connectivity index (χ2v) is 8.06. The molecule has 0 atom stereocenters. The van der Waals surface area contributed by atoms with Crippen LogP contribution < -0.4 is 10.1 Å². The number of carbonyl (C=O) groups excluding carboxylic acids is 1. The minimum absolute atomic E-state index is 0.202. The normalized spacial score (nSPS) is 12.1. The number of aromatic nitrogens is 3. The first-order valence-corrected chi connectivity index (χ1v) is 10.6. The quantitative estimate of drug-likeness (QED) is 0.306. The lowest BCUT2D eigenvalue weighted by molar-refractivity contribution is -0.274. The lowest BCUT2D eigenvalue weighted by Gasteiger charge is -2.14. The third-order valence-electron chi connectivity index (χ3n) is 5.41. The number of aryl methyl sites for hydroxylation is 1. The van der Waals surface area contributed by atoms with Crippen molar-refractivity contribution in [2.24, 2.45) is 0 Å². The molecule has 2 aromatic heterocycles. The topological polar surface area (TPSA) is 69.0 Å². The molecule has 4 rings (SSSR count). The number of fused-ring (bicyclic) bond motifs is 1. The van der Waals surface area contributed by atoms with E-state index in [1.807, 2.05) is 0 Å². The highest BCUT2D eigenvalue weighted by atomic mass is 19.4. The van der Waals surface area contributed by atoms with Crippen LogP contribution in [0.5, 0.6) is 5.75 Å². The van der Waals surface area contributed by atoms with Crippen LogP contribution in [0.3, 0.4) is 0 Å². The first-order chi connectivity index (χ1) is 17.2. The highest BCUT2D eigenvalue weighted by molar-refractivity contribution is 6.13. The molecule has 6 nitrogen and oxygen atoms in total. The minimum atomic E-state index is -5.05. The number of anilines is 1. The van der Waals surface area contributed by atoms with Crippen LogP contribution >= 0.6 is 0 Å². The SMILES string of the molecule is Cc1nn(Cc2ccc(F)cc2)c(C)c1NC(=O)c1cc(C(F)(F)F)nc2ccc(OC(F)(F)F)cc12. The summed E-state index contributed by atoms with van der Waals surface area (Å²) in [4.78, 5) is 16.6. The number of ether oxygens (including phenoxy) is 1. The number of alkyl halides is 6. The first kappa shape index (κ1) is 25.9. The molecule has 13 heteroatoms. The maximum atomic E-state index is 13.4. The summed E-state index contributed by atoms with van der Waals surface area (Å²) < 4.78 is 96.9. The maximum absolute atomic E-state index is 13.4. The van der Waals surface area contributed by atoms with Crippen LogP contribution in [0.25, 0.3) is 10.9 Å². The van der Waals surface area contributed by atoms with Crippen LogP contribution in [0.15, 0.2) is 48.5 Å². The number of rotatable bonds is 5. The molecule has 37 heavy (non-hydrogen) atoms. The summed E-state index contributed by atoms with van der Waals surface area (Å²) in [5.41, 5.74) is -0.612. The molecule has 0 aliphatic heterocycles. The number of benzene rings is 2. The van der Waals surface area contributed by atoms with Crippen LogP contribution in [0.4, 0.5) is 36.4 Å². The third kappa shape index (κ3) is 5.81. The highest BCUT2D eigenvalue weighted by Crippen LogP contribution is 2.34. The fraction of sp³-hybridized carbons (Fsp3) is 0.208. The van der Waals surface area contributed by atoms with Crippen LogP contribution in [0, 0.1) is 19.7 Å². The molecule has 0 saturated heterocycles. The molecule has 0 saturated carbocycles. The third-order valence-corrected chi connectivity index (χ3v) is 5.41. The molecule has 0 bridgehead atoms. The maximum Gasteiger partial charge on any atom is 0.573 e. The summed E-state index contributed by atoms with van der Waals surface area (Å²) >= 11 is 0. The van der Waals surface area contributed by atoms with Crippen molar-refractivity contribution in [1.82, 2.24) is 14.8 Å². The Labute approximate surface area is 204 Å². The monoisotopic (exact) mass is 526 g/mol. The molecular formula is C24H17F7N4O2. The standard InChI is InChI=1S/C24H17F7N4O2/c1-12-21(13(2)35(34-12)11-14-3-5-15(25)6-4-14)33-22(36)18-10-20(23(26,27)28)32-19-8-7-16(9-17(18)19)37-24(29,30)31/h3-10H,11H2,1-2H3,(H,33,36). The van der Waals surface area contributed by atoms with E-state index < -0.39 is 41.3 Å². The van der Waals surface area contributed by atoms with E-state index in [1.54, 1.807) is 26.0 Å². The summed E-state index contributed by atoms with van der Waals surface area (Å²) in [5.74, 6) is -2.17. The fourth-order valence-corrected chi connectivity index (χ4v) is 3.71. The van der Waals surface area contributed by atoms with E-state index in [0.29, 0.717) is 23.0 Å². The Kier molecular flexibility index (Phi) is 6.57. The average molecular weight is 526 g/mol. The van der Waals surface area contributed by atoms with E-state index in [4.69, 9.17) is 0 Å². The van der Waals surface area contributed by atoms with Gasteiger partial charge in [-0.2, -0.15) is 18.3 Å². The van der Waals surface area contributed by atoms with Gasteiger partial charge in [-0.25, -0.2) is 9.37 Å². The van der Waals surface area contributed by atoms with Crippen molar-refractivity contribution in [2.75, 3.05) is 5.32 Å². The lowest BCUT2D eigenvalue weighted by Crippen LogP contribution is -2.18. The molecule has 4 aromatic rings. The van der Waals surface area contributed by atoms with Gasteiger partial charge in [0.15, 0.2) is 0 Å². The lowest BCUT2D eigenvalue weighted by atomic mass is 10.1. The molecule has 0 aliphatic carbocycles. The van der Waals surface area contributed by atoms with E-state index >= 15 is 0 Å². The molecule has 2 aromatic carbocycles. The average Bonchev–Trinajstić information content (AvgIpc) is 3.05. The Morgan fingerprint density at radius 1 is 1.00 bits per heavy atom. The number of hydrogen-bond donors (Lipinski definition) is 1. The second-order valence-electron chi connectivity index (χ2n) is 8.06. The molecule has 0 unspecified atom stereocenters. The van der Waals surface area contributed by atoms with E-state index in [0.717, 1.165) is 18.2 Å². The molecule has 2 heterocycles. The minimum Gasteiger partial charge on any atom is -0.406 e. The zero-order valence-corrected chi connectivity index (χ0v) is 19.1. The molecule has 0 fully saturated rings. The zero-order chi connectivity index (χ0) is 27.1. The molecule has 1 amide bonds. The molecule has 0 aliphatic rings. The Morgan fingerprint density at radius 3 is 2.30 bits per heavy atom. The molecule has 0 spiro atoms. The summed E-state index contributed by atoms with van der Waals surface area (Å²) in [6.45, 7) is 3.39. The molecule has 194 valence electrons. The molecular weight excluding hydrogens is 509 g/mol. The van der Waals surface area contributed by atoms with Gasteiger partial charge in [-0.1, -0.05) is 12.1 Å². The largest absolute Gasteiger partial charge is 0.573 e. The Morgan fingerprint density at radius 2 is 1.68 bits per heavy atom. The first-order valence-electron chi connectivity index (χ1n) is 10.6. The number of nitrogens with one attached hydrogen (secondary N) is 1. The van der Waals surface area contributed by atoms with Gasteiger partial charge in [0.25, 0.3) is 5.91 Å². The van der Waals surface area contributed by atoms with Crippen molar-refractivity contribution >= 4 is 22.5 Å². The van der Waals surface area contributed by atoms with Gasteiger partial charge >= 0.3 is 12.5 Å². The van der Waals surface area contributed by atoms with Gasteiger partial charge in [0, 0.05) is 5.39 Å². The van der Waals surface area contributed by atoms with Crippen molar-refractivity contribution in [2.45, 2.75) is 32.9 Å². The van der Waals surface area contributed by atoms with Crippen LogP contribution in [0.2, 0.25) is 0 Å². The van der Waals surface area contributed by atoms with Gasteiger partial charge in [-0.3, -0.25) is 9.48 Å². The predicted octanol–water partition coefficient (Wildman–Crippen LogP) is 6.41. The van der Waals surface area contributed by atoms with Gasteiger partial charge in [-0.05, 0) is 55.8 Å². The Balaban J connectivity index is 1.73. The van der Waals surface area contributed by atoms with E-state index in [9.17, 15) is 35.5 Å². The number of carbonyl (C=O) groups is 1. The number of amides is 1. The highest BCUT2D eigenvalue weighted by Gasteiger charge is 2.35. The van der Waals surface area contributed by atoms with Gasteiger partial charge < -0.3 is 10.1 Å². The summed E-state index contributed by atoms with van der Waals surface area (Å²) in [6, 6.07) is 8.60. The number of halogens is 7. The number of pyridine rings is 1. The van der Waals surface area contributed by atoms with Crippen molar-refractivity contribution in [3.05, 3.63) is 82.6 Å². The second kappa shape index (κ2) is 9.37. The summed E-state index contributed by atoms with van der Waals surface area (Å²) in [5, 5.41) is 6.55. The Hall–Kier alpha value is -4.16.